The summed E-state index contributed by atoms with van der Waals surface area (Å²) in [6.07, 6.45) is 22.3. The molecule has 4 nitrogen and oxygen atoms in total. The monoisotopic (exact) mass is 358 g/mol. The van der Waals surface area contributed by atoms with Gasteiger partial charge in [0.1, 0.15) is 0 Å². The number of aliphatic hydroxyl groups is 1. The first-order valence-corrected chi connectivity index (χ1v) is 9.29. The molecule has 0 aromatic carbocycles. The van der Waals surface area contributed by atoms with Crippen molar-refractivity contribution in [1.29, 1.82) is 0 Å². The molecule has 26 heavy (non-hydrogen) atoms. The number of carboxylic acid groups (broad SMARTS) is 1. The number of carbonyl (C=O) groups excluding carboxylic acids is 1. The molecule has 0 heterocycles. The second-order valence-corrected chi connectivity index (χ2v) is 6.36. The van der Waals surface area contributed by atoms with Gasteiger partial charge < -0.3 is 10.2 Å². The standard InChI is InChI=1S/C22H30O4/c1-2-3-4-5-6-7-8-9-10-11-20-18(13-16-21(20)24)12-14-19(23)15-17-22(25)26/h3-4,6-7,9-10,12-14,16,18-20,23H,2,5,8,11,15,17H2,1H3,(H,25,26)/b4-3-,7-6-,10-9-,14-12+/t18-,19+,20+/m1/s1. The SMILES string of the molecule is CC/C=C\C/C=C\C/C=C\C[C@@H]1C(=O)C=C[C@H]1/C=C/[C@H](O)CCC(=O)O. The van der Waals surface area contributed by atoms with Crippen LogP contribution in [0.1, 0.15) is 45.4 Å². The van der Waals surface area contributed by atoms with Crippen LogP contribution >= 0.6 is 0 Å². The molecule has 3 atom stereocenters. The van der Waals surface area contributed by atoms with E-state index in [9.17, 15) is 14.7 Å². The van der Waals surface area contributed by atoms with Crippen LogP contribution in [0.25, 0.3) is 0 Å². The Labute approximate surface area is 156 Å². The van der Waals surface area contributed by atoms with Gasteiger partial charge in [-0.15, -0.1) is 0 Å². The van der Waals surface area contributed by atoms with Gasteiger partial charge in [0, 0.05) is 18.3 Å². The first-order chi connectivity index (χ1) is 12.5. The van der Waals surface area contributed by atoms with Crippen LogP contribution in [0.3, 0.4) is 0 Å². The third kappa shape index (κ3) is 9.33. The molecule has 4 heteroatoms. The largest absolute Gasteiger partial charge is 0.481 e. The van der Waals surface area contributed by atoms with E-state index in [1.54, 1.807) is 12.2 Å². The van der Waals surface area contributed by atoms with Crippen LogP contribution in [0.4, 0.5) is 0 Å². The van der Waals surface area contributed by atoms with Gasteiger partial charge in [0.15, 0.2) is 5.78 Å². The number of hydrogen-bond acceptors (Lipinski definition) is 3. The normalized spacial score (nSPS) is 21.8. The fourth-order valence-electron chi connectivity index (χ4n) is 2.70. The van der Waals surface area contributed by atoms with Crippen molar-refractivity contribution >= 4 is 11.8 Å². The lowest BCUT2D eigenvalue weighted by molar-refractivity contribution is -0.137. The lowest BCUT2D eigenvalue weighted by Gasteiger charge is -2.13. The van der Waals surface area contributed by atoms with Crippen molar-refractivity contribution in [3.63, 3.8) is 0 Å². The van der Waals surface area contributed by atoms with E-state index in [2.05, 4.69) is 37.3 Å². The van der Waals surface area contributed by atoms with Crippen LogP contribution in [0.5, 0.6) is 0 Å². The third-order valence-corrected chi connectivity index (χ3v) is 4.19. The van der Waals surface area contributed by atoms with Crippen molar-refractivity contribution in [2.24, 2.45) is 11.8 Å². The Bertz CT molecular complexity index is 581. The Morgan fingerprint density at radius 3 is 2.46 bits per heavy atom. The summed E-state index contributed by atoms with van der Waals surface area (Å²) < 4.78 is 0. The van der Waals surface area contributed by atoms with Gasteiger partial charge in [0.05, 0.1) is 6.10 Å². The van der Waals surface area contributed by atoms with Crippen LogP contribution in [-0.4, -0.2) is 28.1 Å². The molecule has 0 saturated carbocycles. The van der Waals surface area contributed by atoms with E-state index in [0.717, 1.165) is 19.3 Å². The molecular formula is C22H30O4. The molecule has 2 N–H and O–H groups in total. The summed E-state index contributed by atoms with van der Waals surface area (Å²) in [6.45, 7) is 2.11. The second kappa shape index (κ2) is 13.1. The average molecular weight is 358 g/mol. The molecule has 0 aliphatic heterocycles. The Kier molecular flexibility index (Phi) is 11.0. The van der Waals surface area contributed by atoms with Gasteiger partial charge in [0.2, 0.25) is 0 Å². The minimum atomic E-state index is -0.924. The quantitative estimate of drug-likeness (QED) is 0.507. The van der Waals surface area contributed by atoms with Gasteiger partial charge in [0.25, 0.3) is 0 Å². The molecule has 0 unspecified atom stereocenters. The maximum absolute atomic E-state index is 12.0. The molecule has 0 spiro atoms. The number of aliphatic hydroxyl groups excluding tert-OH is 1. The molecule has 0 bridgehead atoms. The molecule has 0 aromatic heterocycles. The fourth-order valence-corrected chi connectivity index (χ4v) is 2.70. The molecule has 142 valence electrons. The van der Waals surface area contributed by atoms with Gasteiger partial charge in [-0.2, -0.15) is 0 Å². The Morgan fingerprint density at radius 2 is 1.81 bits per heavy atom. The summed E-state index contributed by atoms with van der Waals surface area (Å²) in [7, 11) is 0. The number of rotatable bonds is 12. The zero-order valence-electron chi connectivity index (χ0n) is 15.5. The summed E-state index contributed by atoms with van der Waals surface area (Å²) >= 11 is 0. The second-order valence-electron chi connectivity index (χ2n) is 6.36. The highest BCUT2D eigenvalue weighted by molar-refractivity contribution is 5.95. The number of aliphatic carboxylic acids is 1. The van der Waals surface area contributed by atoms with Crippen LogP contribution in [0, 0.1) is 11.8 Å². The van der Waals surface area contributed by atoms with E-state index >= 15 is 0 Å². The predicted octanol–water partition coefficient (Wildman–Crippen LogP) is 4.39. The number of carbonyl (C=O) groups is 2. The summed E-state index contributed by atoms with van der Waals surface area (Å²) in [4.78, 5) is 22.5. The van der Waals surface area contributed by atoms with Crippen LogP contribution in [0.15, 0.2) is 60.8 Å². The van der Waals surface area contributed by atoms with Crippen molar-refractivity contribution in [2.75, 3.05) is 0 Å². The molecule has 1 rings (SSSR count). The fraction of sp³-hybridized carbons (Fsp3) is 0.455. The molecule has 1 aliphatic carbocycles. The summed E-state index contributed by atoms with van der Waals surface area (Å²) in [6, 6.07) is 0. The minimum Gasteiger partial charge on any atom is -0.481 e. The number of carboxylic acids is 1. The summed E-state index contributed by atoms with van der Waals surface area (Å²) in [5, 5.41) is 18.4. The Balaban J connectivity index is 2.39. The van der Waals surface area contributed by atoms with Gasteiger partial charge in [-0.05, 0) is 38.2 Å². The van der Waals surface area contributed by atoms with Crippen LogP contribution < -0.4 is 0 Å². The Hall–Kier alpha value is -2.20. The Morgan fingerprint density at radius 1 is 1.15 bits per heavy atom. The van der Waals surface area contributed by atoms with E-state index in [1.165, 1.54) is 0 Å². The van der Waals surface area contributed by atoms with Crippen molar-refractivity contribution < 1.29 is 19.8 Å². The first-order valence-electron chi connectivity index (χ1n) is 9.29. The van der Waals surface area contributed by atoms with Crippen LogP contribution in [0.2, 0.25) is 0 Å². The maximum atomic E-state index is 12.0. The lowest BCUT2D eigenvalue weighted by atomic mass is 9.90. The zero-order valence-corrected chi connectivity index (χ0v) is 15.5. The highest BCUT2D eigenvalue weighted by Gasteiger charge is 2.27. The highest BCUT2D eigenvalue weighted by Crippen LogP contribution is 2.27. The minimum absolute atomic E-state index is 0.0404. The molecule has 0 radical (unpaired) electrons. The summed E-state index contributed by atoms with van der Waals surface area (Å²) in [5.74, 6) is -0.997. The molecule has 1 aliphatic rings. The lowest BCUT2D eigenvalue weighted by Crippen LogP contribution is -2.14. The van der Waals surface area contributed by atoms with Gasteiger partial charge >= 0.3 is 5.97 Å². The van der Waals surface area contributed by atoms with E-state index in [-0.39, 0.29) is 30.5 Å². The number of allylic oxidation sites excluding steroid dienone is 9. The first kappa shape index (κ1) is 21.8. The zero-order chi connectivity index (χ0) is 19.2. The highest BCUT2D eigenvalue weighted by atomic mass is 16.4. The maximum Gasteiger partial charge on any atom is 0.303 e. The number of ketones is 1. The van der Waals surface area contributed by atoms with Crippen molar-refractivity contribution in [3.8, 4) is 0 Å². The van der Waals surface area contributed by atoms with E-state index in [4.69, 9.17) is 5.11 Å². The van der Waals surface area contributed by atoms with E-state index in [0.29, 0.717) is 6.42 Å². The van der Waals surface area contributed by atoms with E-state index in [1.807, 2.05) is 18.2 Å². The number of hydrogen-bond donors (Lipinski definition) is 2. The molecule has 0 fully saturated rings. The predicted molar refractivity (Wildman–Crippen MR) is 105 cm³/mol. The van der Waals surface area contributed by atoms with E-state index < -0.39 is 12.1 Å². The molecular weight excluding hydrogens is 328 g/mol. The van der Waals surface area contributed by atoms with Crippen LogP contribution in [-0.2, 0) is 9.59 Å². The third-order valence-electron chi connectivity index (χ3n) is 4.19. The smallest absolute Gasteiger partial charge is 0.303 e. The van der Waals surface area contributed by atoms with Crippen molar-refractivity contribution in [1.82, 2.24) is 0 Å². The molecule has 0 aromatic rings. The van der Waals surface area contributed by atoms with Gasteiger partial charge in [-0.1, -0.05) is 61.6 Å². The van der Waals surface area contributed by atoms with Gasteiger partial charge in [-0.3, -0.25) is 9.59 Å². The molecule has 0 saturated heterocycles. The summed E-state index contributed by atoms with van der Waals surface area (Å²) in [5.41, 5.74) is 0. The average Bonchev–Trinajstić information content (AvgIpc) is 2.96. The molecule has 0 amide bonds. The van der Waals surface area contributed by atoms with Gasteiger partial charge in [-0.25, -0.2) is 0 Å². The van der Waals surface area contributed by atoms with Crippen molar-refractivity contribution in [2.45, 2.75) is 51.6 Å². The topological polar surface area (TPSA) is 74.6 Å². The van der Waals surface area contributed by atoms with Crippen molar-refractivity contribution in [3.05, 3.63) is 60.8 Å².